The van der Waals surface area contributed by atoms with Crippen LogP contribution in [0.1, 0.15) is 17.0 Å². The van der Waals surface area contributed by atoms with Gasteiger partial charge in [0.1, 0.15) is 11.5 Å². The summed E-state index contributed by atoms with van der Waals surface area (Å²) >= 11 is 0. The average molecular weight is 325 g/mol. The first-order chi connectivity index (χ1) is 12.2. The highest BCUT2D eigenvalue weighted by Gasteiger charge is 2.34. The molecule has 0 spiro atoms. The van der Waals surface area contributed by atoms with E-state index in [0.717, 1.165) is 16.8 Å². The van der Waals surface area contributed by atoms with E-state index in [1.807, 2.05) is 36.4 Å². The van der Waals surface area contributed by atoms with Gasteiger partial charge in [0.25, 0.3) is 0 Å². The lowest BCUT2D eigenvalue weighted by Gasteiger charge is -2.14. The van der Waals surface area contributed by atoms with Crippen molar-refractivity contribution >= 4 is 18.1 Å². The van der Waals surface area contributed by atoms with Crippen molar-refractivity contribution in [1.29, 1.82) is 0 Å². The molecule has 0 bridgehead atoms. The molecule has 0 fully saturated rings. The molecule has 0 saturated carbocycles. The van der Waals surface area contributed by atoms with Crippen molar-refractivity contribution < 1.29 is 9.76 Å². The molecule has 25 heavy (non-hydrogen) atoms. The molecular formula is C21H16BNO2. The molecule has 1 unspecified atom stereocenters. The van der Waals surface area contributed by atoms with E-state index in [1.54, 1.807) is 24.3 Å². The maximum atomic E-state index is 10.4. The highest BCUT2D eigenvalue weighted by Crippen LogP contribution is 2.36. The van der Waals surface area contributed by atoms with Gasteiger partial charge in [-0.3, -0.25) is 0 Å². The third kappa shape index (κ3) is 3.02. The fourth-order valence-corrected chi connectivity index (χ4v) is 3.42. The Morgan fingerprint density at radius 3 is 2.40 bits per heavy atom. The van der Waals surface area contributed by atoms with Crippen molar-refractivity contribution in [2.45, 2.75) is 12.2 Å². The first kappa shape index (κ1) is 15.5. The minimum atomic E-state index is -0.438. The van der Waals surface area contributed by atoms with E-state index in [4.69, 9.17) is 11.3 Å². The SMILES string of the molecule is [C-]#[N+]c1ccc(Oc2ccc3c(c2)C(c2ccccc2)CB3O)cc1. The summed E-state index contributed by atoms with van der Waals surface area (Å²) in [5.41, 5.74) is 3.89. The number of benzene rings is 3. The van der Waals surface area contributed by atoms with E-state index in [-0.39, 0.29) is 5.92 Å². The average Bonchev–Trinajstić information content (AvgIpc) is 2.99. The van der Waals surface area contributed by atoms with Crippen LogP contribution in [0.2, 0.25) is 6.32 Å². The molecule has 1 N–H and O–H groups in total. The Morgan fingerprint density at radius 2 is 1.68 bits per heavy atom. The Labute approximate surface area is 147 Å². The molecule has 3 aromatic rings. The smallest absolute Gasteiger partial charge is 0.324 e. The zero-order valence-corrected chi connectivity index (χ0v) is 13.6. The molecule has 4 rings (SSSR count). The van der Waals surface area contributed by atoms with Crippen LogP contribution in [0.25, 0.3) is 4.85 Å². The Morgan fingerprint density at radius 1 is 0.960 bits per heavy atom. The summed E-state index contributed by atoms with van der Waals surface area (Å²) in [6, 6.07) is 23.2. The number of ether oxygens (including phenoxy) is 1. The molecule has 0 saturated heterocycles. The maximum Gasteiger partial charge on any atom is 0.324 e. The van der Waals surface area contributed by atoms with Crippen molar-refractivity contribution in [2.24, 2.45) is 0 Å². The summed E-state index contributed by atoms with van der Waals surface area (Å²) in [6.45, 7) is 6.56. The third-order valence-electron chi connectivity index (χ3n) is 4.66. The van der Waals surface area contributed by atoms with Crippen LogP contribution >= 0.6 is 0 Å². The monoisotopic (exact) mass is 325 g/mol. The molecule has 4 heteroatoms. The third-order valence-corrected chi connectivity index (χ3v) is 4.66. The summed E-state index contributed by atoms with van der Waals surface area (Å²) in [6.07, 6.45) is 0.697. The van der Waals surface area contributed by atoms with E-state index in [2.05, 4.69) is 17.0 Å². The number of fused-ring (bicyclic) bond motifs is 1. The fourth-order valence-electron chi connectivity index (χ4n) is 3.42. The Hall–Kier alpha value is -3.03. The van der Waals surface area contributed by atoms with Gasteiger partial charge in [0.15, 0.2) is 5.69 Å². The fraction of sp³-hybridized carbons (Fsp3) is 0.0952. The van der Waals surface area contributed by atoms with Gasteiger partial charge in [-0.05, 0) is 47.2 Å². The summed E-state index contributed by atoms with van der Waals surface area (Å²) in [5.74, 6) is 1.62. The molecule has 0 aromatic heterocycles. The first-order valence-corrected chi connectivity index (χ1v) is 8.27. The van der Waals surface area contributed by atoms with E-state index in [9.17, 15) is 5.02 Å². The van der Waals surface area contributed by atoms with Crippen LogP contribution < -0.4 is 10.2 Å². The molecule has 1 aliphatic rings. The quantitative estimate of drug-likeness (QED) is 0.573. The molecule has 1 atom stereocenters. The number of hydrogen-bond donors (Lipinski definition) is 1. The molecule has 3 aromatic carbocycles. The Kier molecular flexibility index (Phi) is 4.01. The first-order valence-electron chi connectivity index (χ1n) is 8.27. The van der Waals surface area contributed by atoms with Crippen molar-refractivity contribution in [3.63, 3.8) is 0 Å². The molecule has 3 nitrogen and oxygen atoms in total. The minimum Gasteiger partial charge on any atom is -0.457 e. The largest absolute Gasteiger partial charge is 0.457 e. The summed E-state index contributed by atoms with van der Waals surface area (Å²) in [4.78, 5) is 3.38. The van der Waals surface area contributed by atoms with Crippen LogP contribution in [0.3, 0.4) is 0 Å². The summed E-state index contributed by atoms with van der Waals surface area (Å²) in [5, 5.41) is 10.4. The predicted octanol–water partition coefficient (Wildman–Crippen LogP) is 4.37. The van der Waals surface area contributed by atoms with Crippen LogP contribution in [0.4, 0.5) is 5.69 Å². The van der Waals surface area contributed by atoms with Crippen LogP contribution in [-0.4, -0.2) is 11.9 Å². The zero-order chi connectivity index (χ0) is 17.2. The topological polar surface area (TPSA) is 33.8 Å². The second-order valence-electron chi connectivity index (χ2n) is 6.21. The van der Waals surface area contributed by atoms with Crippen LogP contribution in [0.5, 0.6) is 11.5 Å². The second-order valence-corrected chi connectivity index (χ2v) is 6.21. The summed E-state index contributed by atoms with van der Waals surface area (Å²) < 4.78 is 5.94. The van der Waals surface area contributed by atoms with E-state index < -0.39 is 6.92 Å². The van der Waals surface area contributed by atoms with Gasteiger partial charge >= 0.3 is 6.92 Å². The zero-order valence-electron chi connectivity index (χ0n) is 13.6. The molecule has 120 valence electrons. The van der Waals surface area contributed by atoms with Gasteiger partial charge in [-0.1, -0.05) is 48.5 Å². The van der Waals surface area contributed by atoms with Gasteiger partial charge in [-0.2, -0.15) is 0 Å². The van der Waals surface area contributed by atoms with Gasteiger partial charge in [0.2, 0.25) is 0 Å². The summed E-state index contributed by atoms with van der Waals surface area (Å²) in [7, 11) is 0. The van der Waals surface area contributed by atoms with Crippen LogP contribution in [0.15, 0.2) is 72.8 Å². The van der Waals surface area contributed by atoms with Crippen LogP contribution in [-0.2, 0) is 0 Å². The normalized spacial score (nSPS) is 15.5. The number of rotatable bonds is 3. The Balaban J connectivity index is 1.65. The van der Waals surface area contributed by atoms with E-state index in [0.29, 0.717) is 17.8 Å². The molecule has 0 radical (unpaired) electrons. The maximum absolute atomic E-state index is 10.4. The standard InChI is InChI=1S/C21H16BNO2/c1-23-16-7-9-17(10-8-16)25-18-11-12-21-19(13-18)20(14-22(21)24)15-5-3-2-4-6-15/h2-13,20,24H,14H2. The van der Waals surface area contributed by atoms with E-state index >= 15 is 0 Å². The lowest BCUT2D eigenvalue weighted by molar-refractivity contribution is 0.482. The van der Waals surface area contributed by atoms with Gasteiger partial charge in [0, 0.05) is 5.92 Å². The lowest BCUT2D eigenvalue weighted by Crippen LogP contribution is -2.25. The molecule has 0 aliphatic carbocycles. The van der Waals surface area contributed by atoms with Crippen molar-refractivity contribution in [2.75, 3.05) is 0 Å². The highest BCUT2D eigenvalue weighted by atomic mass is 16.5. The van der Waals surface area contributed by atoms with Crippen molar-refractivity contribution in [3.05, 3.63) is 95.3 Å². The molecular weight excluding hydrogens is 309 g/mol. The van der Waals surface area contributed by atoms with Gasteiger partial charge < -0.3 is 9.76 Å². The van der Waals surface area contributed by atoms with Gasteiger partial charge in [-0.25, -0.2) is 4.85 Å². The lowest BCUT2D eigenvalue weighted by atomic mass is 9.62. The second kappa shape index (κ2) is 6.47. The van der Waals surface area contributed by atoms with Crippen LogP contribution in [0, 0.1) is 6.57 Å². The van der Waals surface area contributed by atoms with Crippen molar-refractivity contribution in [3.8, 4) is 11.5 Å². The van der Waals surface area contributed by atoms with Gasteiger partial charge in [0.05, 0.1) is 6.57 Å². The number of nitrogens with zero attached hydrogens (tertiary/aromatic N) is 1. The Bertz CT molecular complexity index is 932. The van der Waals surface area contributed by atoms with E-state index in [1.165, 1.54) is 5.56 Å². The molecule has 1 heterocycles. The molecule has 0 amide bonds. The highest BCUT2D eigenvalue weighted by molar-refractivity contribution is 6.68. The number of hydrogen-bond acceptors (Lipinski definition) is 2. The molecule has 1 aliphatic heterocycles. The predicted molar refractivity (Wildman–Crippen MR) is 99.9 cm³/mol. The van der Waals surface area contributed by atoms with Crippen molar-refractivity contribution in [1.82, 2.24) is 0 Å². The minimum absolute atomic E-state index is 0.180. The van der Waals surface area contributed by atoms with Gasteiger partial charge in [-0.15, -0.1) is 0 Å².